The van der Waals surface area contributed by atoms with Gasteiger partial charge in [-0.1, -0.05) is 0 Å². The summed E-state index contributed by atoms with van der Waals surface area (Å²) in [4.78, 5) is 3.53. The molecule has 0 aromatic carbocycles. The number of aromatic nitrogens is 3. The van der Waals surface area contributed by atoms with Crippen LogP contribution in [-0.2, 0) is 11.5 Å². The lowest BCUT2D eigenvalue weighted by molar-refractivity contribution is -0.182. The van der Waals surface area contributed by atoms with Crippen LogP contribution in [0.2, 0.25) is 0 Å². The SMILES string of the molecule is FC(F)(F)COCn1cncn1. The molecule has 1 heterocycles. The molecule has 0 atom stereocenters. The number of hydrogen-bond acceptors (Lipinski definition) is 3. The molecule has 0 unspecified atom stereocenters. The van der Waals surface area contributed by atoms with Gasteiger partial charge in [0.2, 0.25) is 0 Å². The third kappa shape index (κ3) is 3.33. The summed E-state index contributed by atoms with van der Waals surface area (Å²) in [7, 11) is 0. The van der Waals surface area contributed by atoms with Crippen LogP contribution in [0.3, 0.4) is 0 Å². The molecule has 68 valence electrons. The van der Waals surface area contributed by atoms with Crippen LogP contribution in [0.1, 0.15) is 0 Å². The average Bonchev–Trinajstić information content (AvgIpc) is 2.36. The average molecular weight is 181 g/mol. The Labute approximate surface area is 66.0 Å². The summed E-state index contributed by atoms with van der Waals surface area (Å²) >= 11 is 0. The van der Waals surface area contributed by atoms with Crippen LogP contribution >= 0.6 is 0 Å². The van der Waals surface area contributed by atoms with Crippen LogP contribution in [0, 0.1) is 0 Å². The molecule has 0 N–H and O–H groups in total. The van der Waals surface area contributed by atoms with Gasteiger partial charge in [-0.2, -0.15) is 18.3 Å². The topological polar surface area (TPSA) is 39.9 Å². The molecule has 1 aromatic heterocycles. The number of rotatable bonds is 3. The Kier molecular flexibility index (Phi) is 2.64. The van der Waals surface area contributed by atoms with Crippen LogP contribution in [0.25, 0.3) is 0 Å². The smallest absolute Gasteiger partial charge is 0.350 e. The largest absolute Gasteiger partial charge is 0.411 e. The molecule has 1 aromatic rings. The predicted octanol–water partition coefficient (Wildman–Crippen LogP) is 0.814. The molecular formula is C5H6F3N3O. The van der Waals surface area contributed by atoms with E-state index < -0.39 is 12.8 Å². The lowest BCUT2D eigenvalue weighted by Crippen LogP contribution is -2.18. The van der Waals surface area contributed by atoms with Crippen molar-refractivity contribution in [3.8, 4) is 0 Å². The molecule has 0 radical (unpaired) electrons. The van der Waals surface area contributed by atoms with Crippen molar-refractivity contribution in [3.05, 3.63) is 12.7 Å². The van der Waals surface area contributed by atoms with E-state index in [1.165, 1.54) is 12.7 Å². The second-order valence-corrected chi connectivity index (χ2v) is 2.03. The first-order valence-corrected chi connectivity index (χ1v) is 3.05. The Balaban J connectivity index is 2.20. The minimum absolute atomic E-state index is 0.237. The van der Waals surface area contributed by atoms with E-state index in [0.29, 0.717) is 0 Å². The van der Waals surface area contributed by atoms with E-state index in [1.807, 2.05) is 0 Å². The van der Waals surface area contributed by atoms with Crippen LogP contribution < -0.4 is 0 Å². The van der Waals surface area contributed by atoms with Crippen LogP contribution in [0.15, 0.2) is 12.7 Å². The zero-order valence-electron chi connectivity index (χ0n) is 5.95. The fraction of sp³-hybridized carbons (Fsp3) is 0.600. The Morgan fingerprint density at radius 3 is 2.67 bits per heavy atom. The zero-order chi connectivity index (χ0) is 9.03. The second-order valence-electron chi connectivity index (χ2n) is 2.03. The van der Waals surface area contributed by atoms with Crippen molar-refractivity contribution in [3.63, 3.8) is 0 Å². The molecule has 0 bridgehead atoms. The quantitative estimate of drug-likeness (QED) is 0.692. The standard InChI is InChI=1S/C5H6F3N3O/c6-5(7,8)1-12-4-11-3-9-2-10-11/h2-3H,1,4H2. The molecule has 1 rings (SSSR count). The van der Waals surface area contributed by atoms with Crippen LogP contribution in [-0.4, -0.2) is 27.5 Å². The van der Waals surface area contributed by atoms with E-state index in [2.05, 4.69) is 14.8 Å². The molecule has 7 heteroatoms. The normalized spacial score (nSPS) is 11.9. The van der Waals surface area contributed by atoms with Crippen LogP contribution in [0.5, 0.6) is 0 Å². The monoisotopic (exact) mass is 181 g/mol. The van der Waals surface area contributed by atoms with Crippen LogP contribution in [0.4, 0.5) is 13.2 Å². The molecule has 0 fully saturated rings. The molecular weight excluding hydrogens is 175 g/mol. The molecule has 0 aliphatic rings. The lowest BCUT2D eigenvalue weighted by Gasteiger charge is -2.06. The molecule has 4 nitrogen and oxygen atoms in total. The van der Waals surface area contributed by atoms with Gasteiger partial charge < -0.3 is 4.74 Å². The fourth-order valence-electron chi connectivity index (χ4n) is 0.554. The maximum absolute atomic E-state index is 11.5. The van der Waals surface area contributed by atoms with E-state index >= 15 is 0 Å². The first-order chi connectivity index (χ1) is 5.58. The van der Waals surface area contributed by atoms with Gasteiger partial charge in [-0.25, -0.2) is 9.67 Å². The highest BCUT2D eigenvalue weighted by atomic mass is 19.4. The number of ether oxygens (including phenoxy) is 1. The van der Waals surface area contributed by atoms with Gasteiger partial charge >= 0.3 is 6.18 Å². The predicted molar refractivity (Wildman–Crippen MR) is 32.0 cm³/mol. The minimum atomic E-state index is -4.29. The van der Waals surface area contributed by atoms with E-state index in [-0.39, 0.29) is 6.73 Å². The summed E-state index contributed by atoms with van der Waals surface area (Å²) in [5, 5.41) is 3.55. The molecule has 0 aliphatic heterocycles. The first kappa shape index (κ1) is 8.98. The van der Waals surface area contributed by atoms with Gasteiger partial charge in [0.25, 0.3) is 0 Å². The third-order valence-electron chi connectivity index (χ3n) is 0.956. The number of nitrogens with zero attached hydrogens (tertiary/aromatic N) is 3. The molecule has 0 saturated heterocycles. The summed E-state index contributed by atoms with van der Waals surface area (Å²) in [6, 6.07) is 0. The third-order valence-corrected chi connectivity index (χ3v) is 0.956. The summed E-state index contributed by atoms with van der Waals surface area (Å²) in [6.45, 7) is -1.51. The van der Waals surface area contributed by atoms with Crippen molar-refractivity contribution < 1.29 is 17.9 Å². The van der Waals surface area contributed by atoms with Gasteiger partial charge in [-0.05, 0) is 0 Å². The number of halogens is 3. The Bertz CT molecular complexity index is 220. The molecule has 0 spiro atoms. The fourth-order valence-corrected chi connectivity index (χ4v) is 0.554. The van der Waals surface area contributed by atoms with Gasteiger partial charge in [0.1, 0.15) is 26.0 Å². The van der Waals surface area contributed by atoms with Crippen molar-refractivity contribution >= 4 is 0 Å². The highest BCUT2D eigenvalue weighted by Gasteiger charge is 2.27. The maximum Gasteiger partial charge on any atom is 0.411 e. The summed E-state index contributed by atoms with van der Waals surface area (Å²) in [5.74, 6) is 0. The summed E-state index contributed by atoms with van der Waals surface area (Å²) in [5.41, 5.74) is 0. The first-order valence-electron chi connectivity index (χ1n) is 3.05. The van der Waals surface area contributed by atoms with Crippen molar-refractivity contribution in [1.82, 2.24) is 14.8 Å². The van der Waals surface area contributed by atoms with E-state index in [9.17, 15) is 13.2 Å². The van der Waals surface area contributed by atoms with Crippen molar-refractivity contribution in [2.45, 2.75) is 12.9 Å². The van der Waals surface area contributed by atoms with E-state index in [4.69, 9.17) is 0 Å². The van der Waals surface area contributed by atoms with Crippen molar-refractivity contribution in [1.29, 1.82) is 0 Å². The van der Waals surface area contributed by atoms with Gasteiger partial charge in [-0.3, -0.25) is 0 Å². The van der Waals surface area contributed by atoms with Crippen molar-refractivity contribution in [2.75, 3.05) is 6.61 Å². The highest BCUT2D eigenvalue weighted by molar-refractivity contribution is 4.53. The van der Waals surface area contributed by atoms with E-state index in [0.717, 1.165) is 4.68 Å². The number of hydrogen-bond donors (Lipinski definition) is 0. The second kappa shape index (κ2) is 3.53. The Morgan fingerprint density at radius 1 is 1.42 bits per heavy atom. The molecule has 0 amide bonds. The van der Waals surface area contributed by atoms with Gasteiger partial charge in [0.05, 0.1) is 0 Å². The lowest BCUT2D eigenvalue weighted by atomic mass is 10.7. The summed E-state index contributed by atoms with van der Waals surface area (Å²) < 4.78 is 40.0. The Hall–Kier alpha value is -1.11. The maximum atomic E-state index is 11.5. The minimum Gasteiger partial charge on any atom is -0.350 e. The van der Waals surface area contributed by atoms with Crippen molar-refractivity contribution in [2.24, 2.45) is 0 Å². The van der Waals surface area contributed by atoms with Gasteiger partial charge in [0.15, 0.2) is 0 Å². The van der Waals surface area contributed by atoms with E-state index in [1.54, 1.807) is 0 Å². The Morgan fingerprint density at radius 2 is 2.17 bits per heavy atom. The number of alkyl halides is 3. The molecule has 0 saturated carbocycles. The molecule has 12 heavy (non-hydrogen) atoms. The molecule has 0 aliphatic carbocycles. The van der Waals surface area contributed by atoms with Gasteiger partial charge in [-0.15, -0.1) is 0 Å². The van der Waals surface area contributed by atoms with Gasteiger partial charge in [0, 0.05) is 0 Å². The highest BCUT2D eigenvalue weighted by Crippen LogP contribution is 2.14. The summed E-state index contributed by atoms with van der Waals surface area (Å²) in [6.07, 6.45) is -1.80. The zero-order valence-corrected chi connectivity index (χ0v) is 5.95.